The Morgan fingerprint density at radius 1 is 1.07 bits per heavy atom. The first kappa shape index (κ1) is 19.3. The van der Waals surface area contributed by atoms with Crippen LogP contribution in [0.2, 0.25) is 0 Å². The van der Waals surface area contributed by atoms with E-state index in [2.05, 4.69) is 15.3 Å². The molecular weight excluding hydrogens is 393 g/mol. The molecule has 0 saturated carbocycles. The molecule has 2 aromatic carbocycles. The lowest BCUT2D eigenvalue weighted by molar-refractivity contribution is -0.137. The molecule has 0 aliphatic heterocycles. The van der Waals surface area contributed by atoms with E-state index in [1.54, 1.807) is 12.1 Å². The fourth-order valence-corrected chi connectivity index (χ4v) is 2.99. The summed E-state index contributed by atoms with van der Waals surface area (Å²) in [4.78, 5) is 7.32. The van der Waals surface area contributed by atoms with Crippen LogP contribution in [-0.2, 0) is 12.8 Å². The van der Waals surface area contributed by atoms with Gasteiger partial charge in [-0.05, 0) is 41.3 Å². The zero-order chi connectivity index (χ0) is 21.1. The summed E-state index contributed by atoms with van der Waals surface area (Å²) in [6.45, 7) is -0.0767. The van der Waals surface area contributed by atoms with Gasteiger partial charge in [0.25, 0.3) is 0 Å². The van der Waals surface area contributed by atoms with Gasteiger partial charge < -0.3 is 15.0 Å². The monoisotopic (exact) mass is 408 g/mol. The number of H-pyrrole nitrogens is 1. The molecule has 0 atom stereocenters. The molecule has 2 aromatic heterocycles. The van der Waals surface area contributed by atoms with Crippen LogP contribution in [0.15, 0.2) is 66.9 Å². The summed E-state index contributed by atoms with van der Waals surface area (Å²) >= 11 is 0. The van der Waals surface area contributed by atoms with Gasteiger partial charge in [0, 0.05) is 29.5 Å². The van der Waals surface area contributed by atoms with Crippen molar-refractivity contribution in [2.75, 3.05) is 5.32 Å². The molecule has 0 saturated heterocycles. The molecule has 30 heavy (non-hydrogen) atoms. The molecule has 0 aliphatic carbocycles. The molecule has 0 spiro atoms. The largest absolute Gasteiger partial charge is 0.489 e. The van der Waals surface area contributed by atoms with Crippen molar-refractivity contribution < 1.29 is 17.9 Å². The Bertz CT molecular complexity index is 1240. The first-order chi connectivity index (χ1) is 14.4. The van der Waals surface area contributed by atoms with Crippen molar-refractivity contribution in [3.63, 3.8) is 0 Å². The number of aromatic nitrogens is 2. The zero-order valence-electron chi connectivity index (χ0n) is 15.5. The topological polar surface area (TPSA) is 73.7 Å². The molecule has 0 bridgehead atoms. The van der Waals surface area contributed by atoms with Crippen molar-refractivity contribution in [2.45, 2.75) is 12.8 Å². The minimum Gasteiger partial charge on any atom is -0.489 e. The van der Waals surface area contributed by atoms with Gasteiger partial charge in [0.05, 0.1) is 5.56 Å². The van der Waals surface area contributed by atoms with E-state index in [1.165, 1.54) is 12.1 Å². The summed E-state index contributed by atoms with van der Waals surface area (Å²) in [6.07, 6.45) is -2.58. The highest BCUT2D eigenvalue weighted by atomic mass is 19.4. The number of fused-ring (bicyclic) bond motifs is 1. The van der Waals surface area contributed by atoms with Gasteiger partial charge in [-0.3, -0.25) is 0 Å². The summed E-state index contributed by atoms with van der Waals surface area (Å²) < 4.78 is 44.2. The van der Waals surface area contributed by atoms with Crippen molar-refractivity contribution in [1.82, 2.24) is 9.97 Å². The minimum atomic E-state index is -4.42. The number of hydrogen-bond donors (Lipinski definition) is 2. The maximum absolute atomic E-state index is 12.9. The summed E-state index contributed by atoms with van der Waals surface area (Å²) in [5.74, 6) is 0.710. The zero-order valence-corrected chi connectivity index (χ0v) is 15.5. The van der Waals surface area contributed by atoms with Crippen LogP contribution in [0.4, 0.5) is 24.7 Å². The summed E-state index contributed by atoms with van der Waals surface area (Å²) in [5, 5.41) is 13.4. The van der Waals surface area contributed by atoms with Crippen LogP contribution in [0, 0.1) is 11.3 Å². The number of ether oxygens (including phenoxy) is 1. The van der Waals surface area contributed by atoms with Gasteiger partial charge in [-0.2, -0.15) is 18.4 Å². The molecule has 8 heteroatoms. The summed E-state index contributed by atoms with van der Waals surface area (Å²) in [5.41, 5.74) is 1.46. The van der Waals surface area contributed by atoms with Crippen molar-refractivity contribution in [1.29, 1.82) is 5.26 Å². The number of halogens is 3. The third-order valence-corrected chi connectivity index (χ3v) is 4.40. The first-order valence-corrected chi connectivity index (χ1v) is 8.96. The number of aromatic amines is 1. The molecule has 0 fully saturated rings. The Morgan fingerprint density at radius 2 is 1.93 bits per heavy atom. The SMILES string of the molecule is N#Cc1cc(OCc2cccc(C(F)(F)F)c2)cc(Nc2ccc3cc[nH]c3c2)n1. The maximum Gasteiger partial charge on any atom is 0.416 e. The Hall–Kier alpha value is -3.99. The molecule has 0 amide bonds. The molecule has 0 unspecified atom stereocenters. The van der Waals surface area contributed by atoms with Crippen LogP contribution in [-0.4, -0.2) is 9.97 Å². The van der Waals surface area contributed by atoms with E-state index in [4.69, 9.17) is 4.74 Å². The third-order valence-electron chi connectivity index (χ3n) is 4.40. The van der Waals surface area contributed by atoms with Gasteiger partial charge >= 0.3 is 6.18 Å². The number of alkyl halides is 3. The van der Waals surface area contributed by atoms with Crippen molar-refractivity contribution >= 4 is 22.4 Å². The van der Waals surface area contributed by atoms with Gasteiger partial charge in [0.1, 0.15) is 29.9 Å². The van der Waals surface area contributed by atoms with Crippen LogP contribution in [0.3, 0.4) is 0 Å². The highest BCUT2D eigenvalue weighted by Crippen LogP contribution is 2.30. The first-order valence-electron chi connectivity index (χ1n) is 8.96. The lowest BCUT2D eigenvalue weighted by atomic mass is 10.1. The summed E-state index contributed by atoms with van der Waals surface area (Å²) in [6, 6.07) is 17.6. The van der Waals surface area contributed by atoms with E-state index in [1.807, 2.05) is 36.5 Å². The maximum atomic E-state index is 12.9. The van der Waals surface area contributed by atoms with Gasteiger partial charge in [-0.1, -0.05) is 18.2 Å². The average Bonchev–Trinajstić information content (AvgIpc) is 3.19. The number of hydrogen-bond acceptors (Lipinski definition) is 4. The number of pyridine rings is 1. The van der Waals surface area contributed by atoms with E-state index < -0.39 is 11.7 Å². The molecule has 0 aliphatic rings. The predicted molar refractivity (Wildman–Crippen MR) is 106 cm³/mol. The van der Waals surface area contributed by atoms with Gasteiger partial charge in [0.15, 0.2) is 0 Å². The third kappa shape index (κ3) is 4.36. The second-order valence-corrected chi connectivity index (χ2v) is 6.58. The number of nitriles is 1. The number of nitrogens with one attached hydrogen (secondary N) is 2. The van der Waals surface area contributed by atoms with E-state index in [0.29, 0.717) is 17.1 Å². The van der Waals surface area contributed by atoms with E-state index in [-0.39, 0.29) is 12.3 Å². The highest BCUT2D eigenvalue weighted by molar-refractivity contribution is 5.83. The molecule has 4 aromatic rings. The number of nitrogens with zero attached hydrogens (tertiary/aromatic N) is 2. The second-order valence-electron chi connectivity index (χ2n) is 6.58. The van der Waals surface area contributed by atoms with E-state index in [0.717, 1.165) is 28.7 Å². The molecule has 150 valence electrons. The average molecular weight is 408 g/mol. The van der Waals surface area contributed by atoms with Crippen LogP contribution >= 0.6 is 0 Å². The number of benzene rings is 2. The van der Waals surface area contributed by atoms with E-state index in [9.17, 15) is 18.4 Å². The molecule has 2 heterocycles. The highest BCUT2D eigenvalue weighted by Gasteiger charge is 2.30. The van der Waals surface area contributed by atoms with Gasteiger partial charge in [-0.15, -0.1) is 0 Å². The Kier molecular flexibility index (Phi) is 5.02. The molecular formula is C22H15F3N4O. The Balaban J connectivity index is 1.53. The van der Waals surface area contributed by atoms with Crippen molar-refractivity contribution in [2.24, 2.45) is 0 Å². The Labute approximate surface area is 169 Å². The number of rotatable bonds is 5. The fourth-order valence-electron chi connectivity index (χ4n) is 2.99. The summed E-state index contributed by atoms with van der Waals surface area (Å²) in [7, 11) is 0. The molecule has 2 N–H and O–H groups in total. The van der Waals surface area contributed by atoms with Crippen LogP contribution in [0.25, 0.3) is 10.9 Å². The number of anilines is 2. The lowest BCUT2D eigenvalue weighted by Gasteiger charge is -2.12. The normalized spacial score (nSPS) is 11.3. The smallest absolute Gasteiger partial charge is 0.416 e. The lowest BCUT2D eigenvalue weighted by Crippen LogP contribution is -2.06. The van der Waals surface area contributed by atoms with Crippen molar-refractivity contribution in [3.8, 4) is 11.8 Å². The fraction of sp³-hybridized carbons (Fsp3) is 0.0909. The van der Waals surface area contributed by atoms with Gasteiger partial charge in [0.2, 0.25) is 0 Å². The van der Waals surface area contributed by atoms with E-state index >= 15 is 0 Å². The quantitative estimate of drug-likeness (QED) is 0.439. The minimum absolute atomic E-state index is 0.0767. The van der Waals surface area contributed by atoms with Crippen molar-refractivity contribution in [3.05, 3.63) is 83.7 Å². The van der Waals surface area contributed by atoms with Gasteiger partial charge in [-0.25, -0.2) is 4.98 Å². The van der Waals surface area contributed by atoms with Crippen LogP contribution < -0.4 is 10.1 Å². The predicted octanol–water partition coefficient (Wildman–Crippen LogP) is 5.78. The van der Waals surface area contributed by atoms with Crippen LogP contribution in [0.5, 0.6) is 5.75 Å². The van der Waals surface area contributed by atoms with Crippen LogP contribution in [0.1, 0.15) is 16.8 Å². The molecule has 4 rings (SSSR count). The molecule has 5 nitrogen and oxygen atoms in total. The Morgan fingerprint density at radius 3 is 2.73 bits per heavy atom. The standard InChI is InChI=1S/C22H15F3N4O/c23-22(24,25)16-3-1-2-14(8-16)13-30-19-9-18(12-26)29-21(11-19)28-17-5-4-15-6-7-27-20(15)10-17/h1-11,27H,13H2,(H,28,29). The molecule has 0 radical (unpaired) electrons. The second kappa shape index (κ2) is 7.79.